The molecular formula is C18H27N3OS2. The summed E-state index contributed by atoms with van der Waals surface area (Å²) in [5.41, 5.74) is 7.29. The Hall–Kier alpha value is -1.27. The van der Waals surface area contributed by atoms with Crippen LogP contribution in [0.2, 0.25) is 0 Å². The summed E-state index contributed by atoms with van der Waals surface area (Å²) in [5, 5.41) is 3.82. The van der Waals surface area contributed by atoms with E-state index in [0.717, 1.165) is 17.7 Å². The van der Waals surface area contributed by atoms with Crippen LogP contribution in [0, 0.1) is 11.8 Å². The number of hydrogen-bond donors (Lipinski definition) is 3. The van der Waals surface area contributed by atoms with Crippen LogP contribution in [0.5, 0.6) is 0 Å². The molecular weight excluding hydrogens is 338 g/mol. The summed E-state index contributed by atoms with van der Waals surface area (Å²) >= 11 is 7.06. The average Bonchev–Trinajstić information content (AvgIpc) is 2.57. The van der Waals surface area contributed by atoms with Crippen molar-refractivity contribution in [3.8, 4) is 0 Å². The van der Waals surface area contributed by atoms with E-state index in [2.05, 4.69) is 30.0 Å². The van der Waals surface area contributed by atoms with Crippen molar-refractivity contribution in [1.82, 2.24) is 16.2 Å². The fourth-order valence-electron chi connectivity index (χ4n) is 3.14. The van der Waals surface area contributed by atoms with E-state index in [1.807, 2.05) is 30.5 Å². The topological polar surface area (TPSA) is 53.2 Å². The number of benzene rings is 1. The lowest BCUT2D eigenvalue weighted by atomic mass is 9.78. The van der Waals surface area contributed by atoms with E-state index in [-0.39, 0.29) is 5.91 Å². The zero-order chi connectivity index (χ0) is 17.5. The van der Waals surface area contributed by atoms with Gasteiger partial charge in [-0.2, -0.15) is 11.8 Å². The van der Waals surface area contributed by atoms with E-state index in [1.54, 1.807) is 11.8 Å². The number of hydrogen-bond acceptors (Lipinski definition) is 3. The Morgan fingerprint density at radius 2 is 2.08 bits per heavy atom. The first kappa shape index (κ1) is 19.1. The van der Waals surface area contributed by atoms with Crippen molar-refractivity contribution in [2.24, 2.45) is 11.8 Å². The first-order chi connectivity index (χ1) is 11.5. The molecule has 0 spiro atoms. The van der Waals surface area contributed by atoms with Crippen LogP contribution in [-0.2, 0) is 5.75 Å². The molecule has 1 amide bonds. The highest BCUT2D eigenvalue weighted by atomic mass is 32.2. The Bertz CT molecular complexity index is 579. The number of hydrazine groups is 1. The van der Waals surface area contributed by atoms with E-state index >= 15 is 0 Å². The van der Waals surface area contributed by atoms with Crippen LogP contribution in [0.4, 0.5) is 0 Å². The van der Waals surface area contributed by atoms with Crippen molar-refractivity contribution in [1.29, 1.82) is 0 Å². The Morgan fingerprint density at radius 1 is 1.29 bits per heavy atom. The summed E-state index contributed by atoms with van der Waals surface area (Å²) in [5.74, 6) is 2.00. The number of thioether (sulfide) groups is 1. The maximum atomic E-state index is 12.2. The van der Waals surface area contributed by atoms with E-state index in [0.29, 0.717) is 28.6 Å². The number of nitrogens with one attached hydrogen (secondary N) is 3. The third kappa shape index (κ3) is 5.38. The molecule has 1 saturated carbocycles. The first-order valence-corrected chi connectivity index (χ1v) is 10.3. The van der Waals surface area contributed by atoms with Gasteiger partial charge in [0.05, 0.1) is 0 Å². The van der Waals surface area contributed by atoms with Gasteiger partial charge in [0.1, 0.15) is 0 Å². The van der Waals surface area contributed by atoms with Crippen LogP contribution in [0.1, 0.15) is 49.0 Å². The molecule has 6 heteroatoms. The van der Waals surface area contributed by atoms with Gasteiger partial charge in [0.25, 0.3) is 5.91 Å². The normalized spacial score (nSPS) is 23.4. The van der Waals surface area contributed by atoms with Gasteiger partial charge < -0.3 is 5.32 Å². The molecule has 2 rings (SSSR count). The van der Waals surface area contributed by atoms with Gasteiger partial charge in [0.15, 0.2) is 5.11 Å². The summed E-state index contributed by atoms with van der Waals surface area (Å²) in [4.78, 5) is 12.2. The van der Waals surface area contributed by atoms with Crippen LogP contribution in [0.25, 0.3) is 0 Å². The minimum atomic E-state index is -0.174. The van der Waals surface area contributed by atoms with E-state index in [1.165, 1.54) is 12.8 Å². The quantitative estimate of drug-likeness (QED) is 0.563. The monoisotopic (exact) mass is 365 g/mol. The smallest absolute Gasteiger partial charge is 0.269 e. The second kappa shape index (κ2) is 9.28. The van der Waals surface area contributed by atoms with E-state index < -0.39 is 0 Å². The van der Waals surface area contributed by atoms with Crippen molar-refractivity contribution < 1.29 is 4.79 Å². The van der Waals surface area contributed by atoms with Crippen molar-refractivity contribution in [3.63, 3.8) is 0 Å². The molecule has 0 aromatic heterocycles. The molecule has 1 aromatic rings. The number of amides is 1. The second-order valence-corrected chi connectivity index (χ2v) is 7.83. The van der Waals surface area contributed by atoms with Crippen molar-refractivity contribution >= 4 is 35.0 Å². The second-order valence-electron chi connectivity index (χ2n) is 6.56. The van der Waals surface area contributed by atoms with Gasteiger partial charge in [0.2, 0.25) is 0 Å². The maximum Gasteiger partial charge on any atom is 0.269 e. The van der Waals surface area contributed by atoms with Gasteiger partial charge in [0, 0.05) is 17.4 Å². The molecule has 132 valence electrons. The average molecular weight is 366 g/mol. The largest absolute Gasteiger partial charge is 0.358 e. The fourth-order valence-corrected chi connectivity index (χ4v) is 3.86. The molecule has 3 atom stereocenters. The molecule has 24 heavy (non-hydrogen) atoms. The highest BCUT2D eigenvalue weighted by Crippen LogP contribution is 2.29. The zero-order valence-corrected chi connectivity index (χ0v) is 16.2. The molecule has 1 aliphatic rings. The van der Waals surface area contributed by atoms with Crippen LogP contribution < -0.4 is 16.2 Å². The summed E-state index contributed by atoms with van der Waals surface area (Å²) in [7, 11) is 0. The van der Waals surface area contributed by atoms with Crippen molar-refractivity contribution in [3.05, 3.63) is 35.4 Å². The molecule has 3 N–H and O–H groups in total. The van der Waals surface area contributed by atoms with Crippen LogP contribution in [0.15, 0.2) is 24.3 Å². The number of rotatable bonds is 4. The molecule has 1 aromatic carbocycles. The minimum Gasteiger partial charge on any atom is -0.358 e. The Kier molecular flexibility index (Phi) is 7.37. The summed E-state index contributed by atoms with van der Waals surface area (Å²) in [6.07, 6.45) is 5.67. The van der Waals surface area contributed by atoms with Crippen molar-refractivity contribution in [2.75, 3.05) is 6.26 Å². The number of carbonyl (C=O) groups excluding carboxylic acids is 1. The standard InChI is InChI=1S/C18H27N3OS2/c1-12-6-4-9-16(13(12)2)19-18(23)21-20-17(22)15-8-5-7-14(10-15)11-24-3/h5,7-8,10,12-13,16H,4,6,9,11H2,1-3H3,(H,20,22)(H2,19,21,23)/t12-,13+,16+/m0/s1. The van der Waals surface area contributed by atoms with Gasteiger partial charge in [-0.15, -0.1) is 0 Å². The van der Waals surface area contributed by atoms with Gasteiger partial charge in [-0.05, 0) is 54.4 Å². The molecule has 0 unspecified atom stereocenters. The summed E-state index contributed by atoms with van der Waals surface area (Å²) in [6.45, 7) is 4.55. The molecule has 1 fully saturated rings. The molecule has 0 bridgehead atoms. The Morgan fingerprint density at radius 3 is 2.83 bits per heavy atom. The lowest BCUT2D eigenvalue weighted by Gasteiger charge is -2.35. The Balaban J connectivity index is 1.82. The van der Waals surface area contributed by atoms with Gasteiger partial charge in [-0.25, -0.2) is 0 Å². The molecule has 0 aliphatic heterocycles. The molecule has 1 aliphatic carbocycles. The molecule has 4 nitrogen and oxygen atoms in total. The number of thiocarbonyl (C=S) groups is 1. The number of carbonyl (C=O) groups is 1. The van der Waals surface area contributed by atoms with E-state index in [9.17, 15) is 4.79 Å². The van der Waals surface area contributed by atoms with Gasteiger partial charge in [-0.3, -0.25) is 15.6 Å². The lowest BCUT2D eigenvalue weighted by molar-refractivity contribution is 0.0943. The highest BCUT2D eigenvalue weighted by Gasteiger charge is 2.27. The third-order valence-corrected chi connectivity index (χ3v) is 5.65. The lowest BCUT2D eigenvalue weighted by Crippen LogP contribution is -2.52. The predicted octanol–water partition coefficient (Wildman–Crippen LogP) is 3.48. The summed E-state index contributed by atoms with van der Waals surface area (Å²) in [6, 6.07) is 8.02. The maximum absolute atomic E-state index is 12.2. The first-order valence-electron chi connectivity index (χ1n) is 8.46. The molecule has 0 heterocycles. The minimum absolute atomic E-state index is 0.174. The van der Waals surface area contributed by atoms with Gasteiger partial charge >= 0.3 is 0 Å². The predicted molar refractivity (Wildman–Crippen MR) is 106 cm³/mol. The fraction of sp³-hybridized carbons (Fsp3) is 0.556. The van der Waals surface area contributed by atoms with Crippen LogP contribution in [-0.4, -0.2) is 23.3 Å². The molecule has 0 radical (unpaired) electrons. The summed E-state index contributed by atoms with van der Waals surface area (Å²) < 4.78 is 0. The van der Waals surface area contributed by atoms with Crippen LogP contribution >= 0.6 is 24.0 Å². The van der Waals surface area contributed by atoms with Gasteiger partial charge in [-0.1, -0.05) is 38.8 Å². The highest BCUT2D eigenvalue weighted by molar-refractivity contribution is 7.97. The SMILES string of the molecule is CSCc1cccc(C(=O)NNC(=S)N[C@@H]2CCC[C@H](C)[C@H]2C)c1. The zero-order valence-electron chi connectivity index (χ0n) is 14.6. The van der Waals surface area contributed by atoms with E-state index in [4.69, 9.17) is 12.2 Å². The third-order valence-electron chi connectivity index (χ3n) is 4.81. The van der Waals surface area contributed by atoms with Crippen molar-refractivity contribution in [2.45, 2.75) is 44.9 Å². The Labute approximate surface area is 154 Å². The van der Waals surface area contributed by atoms with Crippen LogP contribution in [0.3, 0.4) is 0 Å². The molecule has 0 saturated heterocycles.